The highest BCUT2D eigenvalue weighted by Crippen LogP contribution is 2.37. The van der Waals surface area contributed by atoms with Gasteiger partial charge >= 0.3 is 0 Å². The minimum atomic E-state index is -0.222. The lowest BCUT2D eigenvalue weighted by molar-refractivity contribution is 0.220. The first-order valence-corrected chi connectivity index (χ1v) is 9.16. The molecule has 3 aromatic rings. The Kier molecular flexibility index (Phi) is 4.86. The van der Waals surface area contributed by atoms with E-state index < -0.39 is 0 Å². The number of aryl methyl sites for hydroxylation is 1. The minimum Gasteiger partial charge on any atom is -0.504 e. The topological polar surface area (TPSA) is 37.6 Å². The van der Waals surface area contributed by atoms with Crippen LogP contribution in [0.25, 0.3) is 0 Å². The fourth-order valence-electron chi connectivity index (χ4n) is 3.89. The molecular formula is C22H23FN2O2. The summed E-state index contributed by atoms with van der Waals surface area (Å²) in [6.45, 7) is 2.58. The van der Waals surface area contributed by atoms with Gasteiger partial charge in [0, 0.05) is 31.5 Å². The molecule has 1 aliphatic rings. The van der Waals surface area contributed by atoms with Crippen molar-refractivity contribution in [3.63, 3.8) is 0 Å². The van der Waals surface area contributed by atoms with Crippen LogP contribution in [0.4, 0.5) is 4.39 Å². The summed E-state index contributed by atoms with van der Waals surface area (Å²) in [7, 11) is 1.55. The molecule has 4 rings (SSSR count). The van der Waals surface area contributed by atoms with Crippen molar-refractivity contribution >= 4 is 0 Å². The lowest BCUT2D eigenvalue weighted by atomic mass is 10.0. The SMILES string of the molecule is COc1ccc([C@H]2c3cccn3CCCN2Cc2ccc(F)cc2)cc1O. The van der Waals surface area contributed by atoms with Gasteiger partial charge in [-0.05, 0) is 53.9 Å². The number of phenols is 1. The molecule has 1 N–H and O–H groups in total. The normalized spacial score (nSPS) is 17.3. The number of nitrogens with zero attached hydrogens (tertiary/aromatic N) is 2. The van der Waals surface area contributed by atoms with E-state index in [2.05, 4.69) is 27.8 Å². The molecule has 4 nitrogen and oxygen atoms in total. The number of rotatable bonds is 4. The summed E-state index contributed by atoms with van der Waals surface area (Å²) in [5.41, 5.74) is 3.27. The molecule has 1 aromatic heterocycles. The predicted molar refractivity (Wildman–Crippen MR) is 102 cm³/mol. The predicted octanol–water partition coefficient (Wildman–Crippen LogP) is 4.34. The van der Waals surface area contributed by atoms with Crippen molar-refractivity contribution in [1.29, 1.82) is 0 Å². The highest BCUT2D eigenvalue weighted by atomic mass is 19.1. The van der Waals surface area contributed by atoms with E-state index in [-0.39, 0.29) is 17.6 Å². The molecule has 0 saturated carbocycles. The number of hydrogen-bond acceptors (Lipinski definition) is 3. The highest BCUT2D eigenvalue weighted by molar-refractivity contribution is 5.44. The third-order valence-corrected chi connectivity index (χ3v) is 5.17. The quantitative estimate of drug-likeness (QED) is 0.747. The van der Waals surface area contributed by atoms with E-state index in [1.807, 2.05) is 18.2 Å². The van der Waals surface area contributed by atoms with Crippen molar-refractivity contribution in [3.8, 4) is 11.5 Å². The second-order valence-electron chi connectivity index (χ2n) is 6.91. The molecule has 0 fully saturated rings. The van der Waals surface area contributed by atoms with Crippen LogP contribution in [0.5, 0.6) is 11.5 Å². The number of halogens is 1. The summed E-state index contributed by atoms with van der Waals surface area (Å²) in [6, 6.07) is 16.5. The summed E-state index contributed by atoms with van der Waals surface area (Å²) in [4.78, 5) is 2.38. The van der Waals surface area contributed by atoms with Crippen molar-refractivity contribution in [2.75, 3.05) is 13.7 Å². The third-order valence-electron chi connectivity index (χ3n) is 5.17. The van der Waals surface area contributed by atoms with Crippen molar-refractivity contribution in [2.24, 2.45) is 0 Å². The van der Waals surface area contributed by atoms with Gasteiger partial charge in [0.1, 0.15) is 5.82 Å². The number of fused-ring (bicyclic) bond motifs is 1. The minimum absolute atomic E-state index is 0.00404. The van der Waals surface area contributed by atoms with E-state index in [1.54, 1.807) is 19.2 Å². The monoisotopic (exact) mass is 366 g/mol. The Hall–Kier alpha value is -2.79. The van der Waals surface area contributed by atoms with Gasteiger partial charge in [-0.1, -0.05) is 18.2 Å². The first-order valence-electron chi connectivity index (χ1n) is 9.16. The fourth-order valence-corrected chi connectivity index (χ4v) is 3.89. The number of aromatic hydroxyl groups is 1. The summed E-state index contributed by atoms with van der Waals surface area (Å²) >= 11 is 0. The number of hydrogen-bond donors (Lipinski definition) is 1. The smallest absolute Gasteiger partial charge is 0.160 e. The van der Waals surface area contributed by atoms with Gasteiger partial charge in [0.25, 0.3) is 0 Å². The second-order valence-corrected chi connectivity index (χ2v) is 6.91. The van der Waals surface area contributed by atoms with Crippen LogP contribution in [0.2, 0.25) is 0 Å². The summed E-state index contributed by atoms with van der Waals surface area (Å²) in [5, 5.41) is 10.3. The van der Waals surface area contributed by atoms with Gasteiger partial charge < -0.3 is 14.4 Å². The third kappa shape index (κ3) is 3.55. The van der Waals surface area contributed by atoms with Crippen molar-refractivity contribution < 1.29 is 14.2 Å². The number of phenolic OH excluding ortho intramolecular Hbond substituents is 1. The van der Waals surface area contributed by atoms with Crippen LogP contribution < -0.4 is 4.74 Å². The van der Waals surface area contributed by atoms with E-state index in [1.165, 1.54) is 17.8 Å². The molecule has 0 spiro atoms. The highest BCUT2D eigenvalue weighted by Gasteiger charge is 2.28. The number of aromatic nitrogens is 1. The molecule has 0 unspecified atom stereocenters. The Labute approximate surface area is 158 Å². The summed E-state index contributed by atoms with van der Waals surface area (Å²) in [5.74, 6) is 0.382. The zero-order chi connectivity index (χ0) is 18.8. The van der Waals surface area contributed by atoms with E-state index in [4.69, 9.17) is 4.74 Å². The summed E-state index contributed by atoms with van der Waals surface area (Å²) in [6.07, 6.45) is 3.13. The zero-order valence-corrected chi connectivity index (χ0v) is 15.3. The maximum atomic E-state index is 13.3. The van der Waals surface area contributed by atoms with Crippen molar-refractivity contribution in [3.05, 3.63) is 83.4 Å². The molecule has 2 aromatic carbocycles. The summed E-state index contributed by atoms with van der Waals surface area (Å²) < 4.78 is 20.8. The largest absolute Gasteiger partial charge is 0.504 e. The molecule has 1 aliphatic heterocycles. The molecule has 140 valence electrons. The molecule has 0 aliphatic carbocycles. The fraction of sp³-hybridized carbons (Fsp3) is 0.273. The van der Waals surface area contributed by atoms with E-state index in [9.17, 15) is 9.50 Å². The van der Waals surface area contributed by atoms with Crippen LogP contribution in [0, 0.1) is 5.82 Å². The van der Waals surface area contributed by atoms with Crippen molar-refractivity contribution in [2.45, 2.75) is 25.6 Å². The van der Waals surface area contributed by atoms with Crippen LogP contribution in [0.15, 0.2) is 60.8 Å². The maximum absolute atomic E-state index is 13.3. The molecule has 0 radical (unpaired) electrons. The van der Waals surface area contributed by atoms with Gasteiger partial charge in [-0.15, -0.1) is 0 Å². The second kappa shape index (κ2) is 7.45. The lowest BCUT2D eigenvalue weighted by Crippen LogP contribution is -2.29. The number of methoxy groups -OCH3 is 1. The molecule has 5 heteroatoms. The molecule has 2 heterocycles. The van der Waals surface area contributed by atoms with Gasteiger partial charge in [-0.2, -0.15) is 0 Å². The van der Waals surface area contributed by atoms with Gasteiger partial charge in [0.2, 0.25) is 0 Å². The molecule has 0 amide bonds. The van der Waals surface area contributed by atoms with Crippen LogP contribution in [-0.4, -0.2) is 28.2 Å². The molecule has 0 saturated heterocycles. The van der Waals surface area contributed by atoms with Crippen LogP contribution >= 0.6 is 0 Å². The van der Waals surface area contributed by atoms with Gasteiger partial charge in [0.05, 0.1) is 13.2 Å². The molecular weight excluding hydrogens is 343 g/mol. The zero-order valence-electron chi connectivity index (χ0n) is 15.3. The van der Waals surface area contributed by atoms with E-state index >= 15 is 0 Å². The molecule has 1 atom stereocenters. The molecule has 27 heavy (non-hydrogen) atoms. The van der Waals surface area contributed by atoms with Crippen LogP contribution in [0.1, 0.15) is 29.3 Å². The maximum Gasteiger partial charge on any atom is 0.160 e. The Morgan fingerprint density at radius 3 is 2.67 bits per heavy atom. The first-order chi connectivity index (χ1) is 13.2. The Morgan fingerprint density at radius 2 is 1.93 bits per heavy atom. The average Bonchev–Trinajstić information content (AvgIpc) is 3.05. The Morgan fingerprint density at radius 1 is 1.11 bits per heavy atom. The van der Waals surface area contributed by atoms with Gasteiger partial charge in [-0.25, -0.2) is 4.39 Å². The average molecular weight is 366 g/mol. The Balaban J connectivity index is 1.74. The van der Waals surface area contributed by atoms with Gasteiger partial charge in [-0.3, -0.25) is 4.90 Å². The Bertz CT molecular complexity index is 920. The van der Waals surface area contributed by atoms with Gasteiger partial charge in [0.15, 0.2) is 11.5 Å². The van der Waals surface area contributed by atoms with E-state index in [0.717, 1.165) is 30.6 Å². The van der Waals surface area contributed by atoms with Crippen molar-refractivity contribution in [1.82, 2.24) is 9.47 Å². The lowest BCUT2D eigenvalue weighted by Gasteiger charge is -2.31. The number of benzene rings is 2. The molecule has 0 bridgehead atoms. The van der Waals surface area contributed by atoms with Crippen LogP contribution in [0.3, 0.4) is 0 Å². The van der Waals surface area contributed by atoms with E-state index in [0.29, 0.717) is 12.3 Å². The van der Waals surface area contributed by atoms with Crippen LogP contribution in [-0.2, 0) is 13.1 Å². The standard InChI is InChI=1S/C22H23FN2O2/c1-27-21-10-7-17(14-20(21)26)22-19-4-2-11-24(19)12-3-13-25(22)15-16-5-8-18(23)9-6-16/h2,4-11,14,22,26H,3,12-13,15H2,1H3/t22-/m0/s1. The number of ether oxygens (including phenoxy) is 1. The first kappa shape index (κ1) is 17.6.